The molecule has 0 aliphatic carbocycles. The lowest BCUT2D eigenvalue weighted by molar-refractivity contribution is 0.00951. The Hall–Kier alpha value is -0.930. The SMILES string of the molecule is CCC(CCCCl)C1OCCCc2cc(OC)c(OC)cc21. The van der Waals surface area contributed by atoms with Gasteiger partial charge in [-0.25, -0.2) is 0 Å². The van der Waals surface area contributed by atoms with Gasteiger partial charge in [-0.1, -0.05) is 13.3 Å². The number of halogens is 1. The number of ether oxygens (including phenoxy) is 3. The minimum atomic E-state index is 0.130. The van der Waals surface area contributed by atoms with Crippen molar-refractivity contribution in [1.82, 2.24) is 0 Å². The molecule has 1 aliphatic rings. The third kappa shape index (κ3) is 3.88. The summed E-state index contributed by atoms with van der Waals surface area (Å²) < 4.78 is 17.1. The van der Waals surface area contributed by atoms with Gasteiger partial charge in [-0.2, -0.15) is 0 Å². The van der Waals surface area contributed by atoms with Crippen LogP contribution in [0, 0.1) is 5.92 Å². The third-order valence-electron chi connectivity index (χ3n) is 4.50. The van der Waals surface area contributed by atoms with Crippen LogP contribution in [0.15, 0.2) is 12.1 Å². The van der Waals surface area contributed by atoms with Gasteiger partial charge in [0.15, 0.2) is 11.5 Å². The number of hydrogen-bond acceptors (Lipinski definition) is 3. The second kappa shape index (κ2) is 8.64. The minimum absolute atomic E-state index is 0.130. The summed E-state index contributed by atoms with van der Waals surface area (Å²) in [5, 5.41) is 0. The average molecular weight is 327 g/mol. The first-order chi connectivity index (χ1) is 10.7. The summed E-state index contributed by atoms with van der Waals surface area (Å²) >= 11 is 5.88. The van der Waals surface area contributed by atoms with Gasteiger partial charge in [0.2, 0.25) is 0 Å². The first-order valence-corrected chi connectivity index (χ1v) is 8.70. The van der Waals surface area contributed by atoms with E-state index in [4.69, 9.17) is 25.8 Å². The highest BCUT2D eigenvalue weighted by molar-refractivity contribution is 6.17. The van der Waals surface area contributed by atoms with Gasteiger partial charge in [-0.15, -0.1) is 11.6 Å². The van der Waals surface area contributed by atoms with Gasteiger partial charge in [-0.3, -0.25) is 0 Å². The fourth-order valence-electron chi connectivity index (χ4n) is 3.28. The van der Waals surface area contributed by atoms with Crippen LogP contribution < -0.4 is 9.47 Å². The zero-order chi connectivity index (χ0) is 15.9. The fraction of sp³-hybridized carbons (Fsp3) is 0.667. The highest BCUT2D eigenvalue weighted by Crippen LogP contribution is 2.41. The molecule has 1 heterocycles. The second-order valence-electron chi connectivity index (χ2n) is 5.80. The van der Waals surface area contributed by atoms with Gasteiger partial charge in [0.05, 0.1) is 20.3 Å². The van der Waals surface area contributed by atoms with Gasteiger partial charge >= 0.3 is 0 Å². The molecular formula is C18H27ClO3. The Morgan fingerprint density at radius 1 is 1.27 bits per heavy atom. The van der Waals surface area contributed by atoms with E-state index in [1.54, 1.807) is 14.2 Å². The van der Waals surface area contributed by atoms with Crippen molar-refractivity contribution < 1.29 is 14.2 Å². The second-order valence-corrected chi connectivity index (χ2v) is 6.18. The molecule has 0 bridgehead atoms. The van der Waals surface area contributed by atoms with Crippen LogP contribution in [0.4, 0.5) is 0 Å². The molecule has 1 aromatic carbocycles. The van der Waals surface area contributed by atoms with E-state index in [0.29, 0.717) is 11.8 Å². The fourth-order valence-corrected chi connectivity index (χ4v) is 3.43. The Balaban J connectivity index is 2.37. The Kier molecular flexibility index (Phi) is 6.84. The van der Waals surface area contributed by atoms with Crippen molar-refractivity contribution in [2.75, 3.05) is 26.7 Å². The van der Waals surface area contributed by atoms with Gasteiger partial charge in [0.1, 0.15) is 0 Å². The monoisotopic (exact) mass is 326 g/mol. The molecule has 1 aliphatic heterocycles. The van der Waals surface area contributed by atoms with E-state index in [2.05, 4.69) is 19.1 Å². The molecule has 3 nitrogen and oxygen atoms in total. The normalized spacial score (nSPS) is 19.2. The molecule has 0 aromatic heterocycles. The van der Waals surface area contributed by atoms with Crippen LogP contribution in [0.25, 0.3) is 0 Å². The summed E-state index contributed by atoms with van der Waals surface area (Å²) in [6.45, 7) is 3.04. The molecule has 0 radical (unpaired) electrons. The van der Waals surface area contributed by atoms with Crippen LogP contribution in [-0.4, -0.2) is 26.7 Å². The summed E-state index contributed by atoms with van der Waals surface area (Å²) in [5.74, 6) is 2.79. The van der Waals surface area contributed by atoms with Crippen molar-refractivity contribution in [3.05, 3.63) is 23.3 Å². The molecule has 0 N–H and O–H groups in total. The number of fused-ring (bicyclic) bond motifs is 1. The highest BCUT2D eigenvalue weighted by Gasteiger charge is 2.28. The van der Waals surface area contributed by atoms with E-state index in [9.17, 15) is 0 Å². The molecule has 2 unspecified atom stereocenters. The topological polar surface area (TPSA) is 27.7 Å². The van der Waals surface area contributed by atoms with E-state index < -0.39 is 0 Å². The van der Waals surface area contributed by atoms with Crippen LogP contribution in [-0.2, 0) is 11.2 Å². The summed E-state index contributed by atoms with van der Waals surface area (Å²) in [6.07, 6.45) is 5.42. The van der Waals surface area contributed by atoms with Crippen molar-refractivity contribution in [1.29, 1.82) is 0 Å². The van der Waals surface area contributed by atoms with Crippen molar-refractivity contribution in [2.24, 2.45) is 5.92 Å². The summed E-state index contributed by atoms with van der Waals surface area (Å²) in [4.78, 5) is 0. The van der Waals surface area contributed by atoms with E-state index in [0.717, 1.165) is 50.2 Å². The van der Waals surface area contributed by atoms with Crippen molar-refractivity contribution >= 4 is 11.6 Å². The average Bonchev–Trinajstić information content (AvgIpc) is 2.76. The molecule has 0 amide bonds. The number of alkyl halides is 1. The molecule has 1 aromatic rings. The smallest absolute Gasteiger partial charge is 0.161 e. The van der Waals surface area contributed by atoms with E-state index in [-0.39, 0.29) is 6.10 Å². The lowest BCUT2D eigenvalue weighted by Crippen LogP contribution is -2.17. The summed E-state index contributed by atoms with van der Waals surface area (Å²) in [5.41, 5.74) is 2.58. The number of aryl methyl sites for hydroxylation is 1. The zero-order valence-corrected chi connectivity index (χ0v) is 14.6. The van der Waals surface area contributed by atoms with Gasteiger partial charge < -0.3 is 14.2 Å². The lowest BCUT2D eigenvalue weighted by atomic mass is 9.87. The molecule has 2 atom stereocenters. The Bertz CT molecular complexity index is 476. The van der Waals surface area contributed by atoms with Crippen molar-refractivity contribution in [3.8, 4) is 11.5 Å². The van der Waals surface area contributed by atoms with E-state index >= 15 is 0 Å². The summed E-state index contributed by atoms with van der Waals surface area (Å²) in [6, 6.07) is 4.22. The maximum Gasteiger partial charge on any atom is 0.161 e. The molecule has 0 saturated carbocycles. The van der Waals surface area contributed by atoms with Crippen LogP contribution in [0.5, 0.6) is 11.5 Å². The van der Waals surface area contributed by atoms with Crippen LogP contribution in [0.3, 0.4) is 0 Å². The van der Waals surface area contributed by atoms with Gasteiger partial charge in [0.25, 0.3) is 0 Å². The Morgan fingerprint density at radius 2 is 2.00 bits per heavy atom. The molecule has 22 heavy (non-hydrogen) atoms. The number of hydrogen-bond donors (Lipinski definition) is 0. The van der Waals surface area contributed by atoms with Gasteiger partial charge in [0, 0.05) is 12.5 Å². The number of benzene rings is 1. The standard InChI is InChI=1S/C18H27ClO3/c1-4-13(7-5-9-19)18-15-12-17(21-3)16(20-2)11-14(15)8-6-10-22-18/h11-13,18H,4-10H2,1-3H3. The Labute approximate surface area is 138 Å². The first kappa shape index (κ1) is 17.4. The molecule has 0 spiro atoms. The number of rotatable bonds is 7. The highest BCUT2D eigenvalue weighted by atomic mass is 35.5. The number of methoxy groups -OCH3 is 2. The van der Waals surface area contributed by atoms with Crippen LogP contribution in [0.1, 0.15) is 49.8 Å². The van der Waals surface area contributed by atoms with E-state index in [1.165, 1.54) is 11.1 Å². The maximum atomic E-state index is 6.21. The first-order valence-electron chi connectivity index (χ1n) is 8.17. The maximum absolute atomic E-state index is 6.21. The lowest BCUT2D eigenvalue weighted by Gasteiger charge is -2.27. The minimum Gasteiger partial charge on any atom is -0.493 e. The largest absolute Gasteiger partial charge is 0.493 e. The summed E-state index contributed by atoms with van der Waals surface area (Å²) in [7, 11) is 3.37. The third-order valence-corrected chi connectivity index (χ3v) is 4.77. The quantitative estimate of drug-likeness (QED) is 0.676. The van der Waals surface area contributed by atoms with Crippen molar-refractivity contribution in [2.45, 2.75) is 45.1 Å². The van der Waals surface area contributed by atoms with Crippen LogP contribution >= 0.6 is 11.6 Å². The van der Waals surface area contributed by atoms with E-state index in [1.807, 2.05) is 0 Å². The van der Waals surface area contributed by atoms with Crippen LogP contribution in [0.2, 0.25) is 0 Å². The molecular weight excluding hydrogens is 300 g/mol. The molecule has 124 valence electrons. The molecule has 2 rings (SSSR count). The molecule has 0 saturated heterocycles. The van der Waals surface area contributed by atoms with Crippen molar-refractivity contribution in [3.63, 3.8) is 0 Å². The molecule has 4 heteroatoms. The predicted molar refractivity (Wildman–Crippen MR) is 90.3 cm³/mol. The molecule has 0 fully saturated rings. The zero-order valence-electron chi connectivity index (χ0n) is 13.9. The van der Waals surface area contributed by atoms with Gasteiger partial charge in [-0.05, 0) is 54.9 Å². The Morgan fingerprint density at radius 3 is 2.64 bits per heavy atom. The predicted octanol–water partition coefficient (Wildman–Crippen LogP) is 4.75.